The van der Waals surface area contributed by atoms with E-state index in [0.29, 0.717) is 12.1 Å². The van der Waals surface area contributed by atoms with Gasteiger partial charge in [0.2, 0.25) is 10.0 Å². The van der Waals surface area contributed by atoms with Crippen molar-refractivity contribution in [1.29, 1.82) is 0 Å². The maximum absolute atomic E-state index is 12.8. The van der Waals surface area contributed by atoms with Crippen molar-refractivity contribution < 1.29 is 13.2 Å². The predicted molar refractivity (Wildman–Crippen MR) is 123 cm³/mol. The van der Waals surface area contributed by atoms with Gasteiger partial charge in [0.1, 0.15) is 0 Å². The van der Waals surface area contributed by atoms with Crippen LogP contribution < -0.4 is 5.32 Å². The third-order valence-corrected chi connectivity index (χ3v) is 8.20. The lowest BCUT2D eigenvalue weighted by atomic mass is 9.94. The van der Waals surface area contributed by atoms with Crippen LogP contribution in [-0.4, -0.2) is 55.2 Å². The molecule has 168 valence electrons. The molecular formula is C24H33N3O3S. The summed E-state index contributed by atoms with van der Waals surface area (Å²) in [5, 5.41) is 3.00. The summed E-state index contributed by atoms with van der Waals surface area (Å²) in [5.74, 6) is -0.269. The fourth-order valence-electron chi connectivity index (χ4n) is 3.76. The Kier molecular flexibility index (Phi) is 6.88. The summed E-state index contributed by atoms with van der Waals surface area (Å²) >= 11 is 0. The molecule has 2 aromatic rings. The molecule has 0 unspecified atom stereocenters. The number of amides is 1. The van der Waals surface area contributed by atoms with Crippen LogP contribution in [0.1, 0.15) is 49.2 Å². The van der Waals surface area contributed by atoms with Crippen molar-refractivity contribution in [2.75, 3.05) is 20.1 Å². The Morgan fingerprint density at radius 1 is 1.13 bits per heavy atom. The van der Waals surface area contributed by atoms with Crippen LogP contribution in [-0.2, 0) is 23.0 Å². The van der Waals surface area contributed by atoms with E-state index in [-0.39, 0.29) is 22.4 Å². The van der Waals surface area contributed by atoms with Gasteiger partial charge in [-0.1, -0.05) is 30.3 Å². The Morgan fingerprint density at radius 3 is 2.48 bits per heavy atom. The van der Waals surface area contributed by atoms with E-state index in [9.17, 15) is 13.2 Å². The van der Waals surface area contributed by atoms with E-state index in [2.05, 4.69) is 48.3 Å². The lowest BCUT2D eigenvalue weighted by Gasteiger charge is -2.41. The second-order valence-electron chi connectivity index (χ2n) is 9.08. The van der Waals surface area contributed by atoms with Crippen LogP contribution in [0.15, 0.2) is 53.4 Å². The zero-order valence-corrected chi connectivity index (χ0v) is 19.9. The summed E-state index contributed by atoms with van der Waals surface area (Å²) in [4.78, 5) is 15.3. The second-order valence-corrected chi connectivity index (χ2v) is 11.1. The van der Waals surface area contributed by atoms with Crippen LogP contribution >= 0.6 is 0 Å². The molecule has 0 radical (unpaired) electrons. The smallest absolute Gasteiger partial charge is 0.251 e. The summed E-state index contributed by atoms with van der Waals surface area (Å²) < 4.78 is 26.8. The minimum atomic E-state index is -3.64. The second kappa shape index (κ2) is 9.10. The van der Waals surface area contributed by atoms with Crippen molar-refractivity contribution in [1.82, 2.24) is 14.5 Å². The summed E-state index contributed by atoms with van der Waals surface area (Å²) in [6, 6.07) is 14.6. The van der Waals surface area contributed by atoms with E-state index in [1.165, 1.54) is 27.6 Å². The van der Waals surface area contributed by atoms with Gasteiger partial charge in [-0.2, -0.15) is 4.31 Å². The maximum Gasteiger partial charge on any atom is 0.251 e. The van der Waals surface area contributed by atoms with Gasteiger partial charge in [-0.05, 0) is 63.4 Å². The summed E-state index contributed by atoms with van der Waals surface area (Å²) in [6.45, 7) is 10.1. The Morgan fingerprint density at radius 2 is 1.81 bits per heavy atom. The molecule has 2 aromatic carbocycles. The minimum Gasteiger partial charge on any atom is -0.350 e. The first-order valence-electron chi connectivity index (χ1n) is 10.7. The van der Waals surface area contributed by atoms with Crippen LogP contribution in [0.2, 0.25) is 0 Å². The van der Waals surface area contributed by atoms with Gasteiger partial charge in [-0.3, -0.25) is 9.69 Å². The van der Waals surface area contributed by atoms with E-state index < -0.39 is 10.0 Å². The molecule has 6 nitrogen and oxygen atoms in total. The molecule has 0 saturated carbocycles. The van der Waals surface area contributed by atoms with Gasteiger partial charge in [0.05, 0.1) is 4.90 Å². The largest absolute Gasteiger partial charge is 0.350 e. The van der Waals surface area contributed by atoms with E-state index in [4.69, 9.17) is 0 Å². The van der Waals surface area contributed by atoms with E-state index in [1.54, 1.807) is 19.2 Å². The monoisotopic (exact) mass is 443 g/mol. The molecule has 1 aliphatic rings. The van der Waals surface area contributed by atoms with E-state index >= 15 is 0 Å². The van der Waals surface area contributed by atoms with Crippen molar-refractivity contribution in [2.24, 2.45) is 0 Å². The van der Waals surface area contributed by atoms with Gasteiger partial charge >= 0.3 is 0 Å². The number of nitrogens with zero attached hydrogens (tertiary/aromatic N) is 2. The number of carbonyl (C=O) groups excluding carboxylic acids is 1. The standard InChI is InChI=1S/C24H33N3O3S/c1-18(2)26(5)31(29,30)22-12-8-11-20(15-22)23(28)25-17-24(3,4)27-14-13-19-9-6-7-10-21(19)16-27/h6-12,15,18H,13-14,16-17H2,1-5H3,(H,25,28). The maximum atomic E-state index is 12.8. The zero-order valence-electron chi connectivity index (χ0n) is 19.1. The topological polar surface area (TPSA) is 69.7 Å². The number of fused-ring (bicyclic) bond motifs is 1. The molecule has 31 heavy (non-hydrogen) atoms. The molecule has 3 rings (SSSR count). The summed E-state index contributed by atoms with van der Waals surface area (Å²) in [7, 11) is -2.09. The molecule has 1 aliphatic heterocycles. The fraction of sp³-hybridized carbons (Fsp3) is 0.458. The lowest BCUT2D eigenvalue weighted by Crippen LogP contribution is -2.53. The Balaban J connectivity index is 1.68. The van der Waals surface area contributed by atoms with Crippen LogP contribution in [0.4, 0.5) is 0 Å². The molecule has 0 atom stereocenters. The Bertz CT molecular complexity index is 1050. The highest BCUT2D eigenvalue weighted by Crippen LogP contribution is 2.25. The Labute approximate surface area is 186 Å². The van der Waals surface area contributed by atoms with Gasteiger partial charge in [0, 0.05) is 43.8 Å². The van der Waals surface area contributed by atoms with Gasteiger partial charge in [0.25, 0.3) is 5.91 Å². The minimum absolute atomic E-state index is 0.128. The van der Waals surface area contributed by atoms with Crippen molar-refractivity contribution >= 4 is 15.9 Å². The van der Waals surface area contributed by atoms with Crippen molar-refractivity contribution in [3.8, 4) is 0 Å². The molecule has 1 N–H and O–H groups in total. The number of hydrogen-bond donors (Lipinski definition) is 1. The predicted octanol–water partition coefficient (Wildman–Crippen LogP) is 3.28. The van der Waals surface area contributed by atoms with E-state index in [1.807, 2.05) is 13.8 Å². The first kappa shape index (κ1) is 23.4. The molecule has 7 heteroatoms. The average molecular weight is 444 g/mol. The first-order valence-corrected chi connectivity index (χ1v) is 12.1. The number of hydrogen-bond acceptors (Lipinski definition) is 4. The first-order chi connectivity index (χ1) is 14.5. The number of sulfonamides is 1. The third-order valence-electron chi connectivity index (χ3n) is 6.17. The van der Waals surface area contributed by atoms with Gasteiger partial charge in [0.15, 0.2) is 0 Å². The van der Waals surface area contributed by atoms with Crippen LogP contribution in [0.5, 0.6) is 0 Å². The molecule has 0 aliphatic carbocycles. The highest BCUT2D eigenvalue weighted by molar-refractivity contribution is 7.89. The van der Waals surface area contributed by atoms with Gasteiger partial charge in [-0.25, -0.2) is 8.42 Å². The van der Waals surface area contributed by atoms with E-state index in [0.717, 1.165) is 19.5 Å². The zero-order chi connectivity index (χ0) is 22.8. The highest BCUT2D eigenvalue weighted by Gasteiger charge is 2.30. The summed E-state index contributed by atoms with van der Waals surface area (Å²) in [5.41, 5.74) is 2.84. The molecule has 0 saturated heterocycles. The molecule has 1 amide bonds. The normalized spacial score (nSPS) is 15.2. The molecular weight excluding hydrogens is 410 g/mol. The van der Waals surface area contributed by atoms with Crippen molar-refractivity contribution in [3.05, 3.63) is 65.2 Å². The molecule has 0 aromatic heterocycles. The molecule has 0 bridgehead atoms. The fourth-order valence-corrected chi connectivity index (χ4v) is 5.18. The number of benzene rings is 2. The van der Waals surface area contributed by atoms with Gasteiger partial charge < -0.3 is 5.32 Å². The number of carbonyl (C=O) groups is 1. The number of rotatable bonds is 7. The summed E-state index contributed by atoms with van der Waals surface area (Å²) in [6.07, 6.45) is 0.997. The van der Waals surface area contributed by atoms with Crippen LogP contribution in [0.25, 0.3) is 0 Å². The SMILES string of the molecule is CC(C)N(C)S(=O)(=O)c1cccc(C(=O)NCC(C)(C)N2CCc3ccccc3C2)c1. The Hall–Kier alpha value is -2.22. The van der Waals surface area contributed by atoms with Crippen LogP contribution in [0.3, 0.4) is 0 Å². The van der Waals surface area contributed by atoms with Gasteiger partial charge in [-0.15, -0.1) is 0 Å². The quantitative estimate of drug-likeness (QED) is 0.713. The number of nitrogens with one attached hydrogen (secondary N) is 1. The van der Waals surface area contributed by atoms with Crippen LogP contribution in [0, 0.1) is 0 Å². The van der Waals surface area contributed by atoms with Crippen molar-refractivity contribution in [2.45, 2.75) is 57.1 Å². The highest BCUT2D eigenvalue weighted by atomic mass is 32.2. The van der Waals surface area contributed by atoms with Crippen molar-refractivity contribution in [3.63, 3.8) is 0 Å². The lowest BCUT2D eigenvalue weighted by molar-refractivity contribution is 0.0826. The molecule has 0 fully saturated rings. The molecule has 0 spiro atoms. The third kappa shape index (κ3) is 5.17. The molecule has 1 heterocycles. The average Bonchev–Trinajstić information content (AvgIpc) is 2.76.